The lowest BCUT2D eigenvalue weighted by Crippen LogP contribution is -2.20. The Kier molecular flexibility index (Phi) is 8.78. The van der Waals surface area contributed by atoms with Crippen LogP contribution < -0.4 is 14.8 Å². The van der Waals surface area contributed by atoms with Gasteiger partial charge in [-0.3, -0.25) is 0 Å². The molecule has 0 saturated carbocycles. The van der Waals surface area contributed by atoms with Crippen molar-refractivity contribution in [2.24, 2.45) is 0 Å². The maximum absolute atomic E-state index is 5.47. The van der Waals surface area contributed by atoms with Gasteiger partial charge in [-0.25, -0.2) is 0 Å². The number of methoxy groups -OCH3 is 3. The molecule has 20 heavy (non-hydrogen) atoms. The van der Waals surface area contributed by atoms with Crippen LogP contribution in [0.15, 0.2) is 18.2 Å². The van der Waals surface area contributed by atoms with Gasteiger partial charge in [-0.2, -0.15) is 0 Å². The SMILES string of the molecule is COCCCOCCNCc1ccc(OC)cc1OC. The lowest BCUT2D eigenvalue weighted by Gasteiger charge is -2.11. The van der Waals surface area contributed by atoms with Crippen LogP contribution in [0.3, 0.4) is 0 Å². The Morgan fingerprint density at radius 1 is 1.00 bits per heavy atom. The number of hydrogen-bond acceptors (Lipinski definition) is 5. The van der Waals surface area contributed by atoms with E-state index in [1.807, 2.05) is 18.2 Å². The van der Waals surface area contributed by atoms with Crippen molar-refractivity contribution in [1.29, 1.82) is 0 Å². The van der Waals surface area contributed by atoms with E-state index in [9.17, 15) is 0 Å². The predicted octanol–water partition coefficient (Wildman–Crippen LogP) is 1.85. The summed E-state index contributed by atoms with van der Waals surface area (Å²) in [6.07, 6.45) is 0.933. The topological polar surface area (TPSA) is 49.0 Å². The second-order valence-electron chi connectivity index (χ2n) is 4.31. The molecule has 1 N–H and O–H groups in total. The maximum atomic E-state index is 5.47. The van der Waals surface area contributed by atoms with Crippen molar-refractivity contribution >= 4 is 0 Å². The zero-order valence-electron chi connectivity index (χ0n) is 12.6. The van der Waals surface area contributed by atoms with Gasteiger partial charge in [0.2, 0.25) is 0 Å². The van der Waals surface area contributed by atoms with E-state index in [1.54, 1.807) is 21.3 Å². The molecule has 0 heterocycles. The van der Waals surface area contributed by atoms with Crippen LogP contribution in [0.25, 0.3) is 0 Å². The average molecular weight is 283 g/mol. The predicted molar refractivity (Wildman–Crippen MR) is 78.6 cm³/mol. The molecule has 0 aliphatic heterocycles. The van der Waals surface area contributed by atoms with Crippen molar-refractivity contribution in [3.05, 3.63) is 23.8 Å². The van der Waals surface area contributed by atoms with Gasteiger partial charge in [0.1, 0.15) is 11.5 Å². The molecule has 5 heteroatoms. The molecule has 5 nitrogen and oxygen atoms in total. The van der Waals surface area contributed by atoms with Crippen LogP contribution in [0.4, 0.5) is 0 Å². The molecule has 1 rings (SSSR count). The molecule has 0 aromatic heterocycles. The molecule has 114 valence electrons. The molecular weight excluding hydrogens is 258 g/mol. The minimum Gasteiger partial charge on any atom is -0.497 e. The van der Waals surface area contributed by atoms with Crippen molar-refractivity contribution in [1.82, 2.24) is 5.32 Å². The van der Waals surface area contributed by atoms with Crippen LogP contribution in [-0.4, -0.2) is 47.7 Å². The fraction of sp³-hybridized carbons (Fsp3) is 0.600. The molecule has 0 fully saturated rings. The van der Waals surface area contributed by atoms with Crippen LogP contribution in [-0.2, 0) is 16.0 Å². The first-order chi connectivity index (χ1) is 9.81. The first-order valence-electron chi connectivity index (χ1n) is 6.80. The Balaban J connectivity index is 2.21. The zero-order valence-corrected chi connectivity index (χ0v) is 12.6. The molecule has 0 unspecified atom stereocenters. The van der Waals surface area contributed by atoms with E-state index in [4.69, 9.17) is 18.9 Å². The Morgan fingerprint density at radius 2 is 1.85 bits per heavy atom. The number of hydrogen-bond donors (Lipinski definition) is 1. The van der Waals surface area contributed by atoms with Gasteiger partial charge in [-0.1, -0.05) is 6.07 Å². The first kappa shape index (κ1) is 16.8. The van der Waals surface area contributed by atoms with Crippen LogP contribution in [0.1, 0.15) is 12.0 Å². The molecule has 0 bridgehead atoms. The number of nitrogens with one attached hydrogen (secondary N) is 1. The van der Waals surface area contributed by atoms with Crippen LogP contribution in [0.2, 0.25) is 0 Å². The Bertz CT molecular complexity index is 371. The van der Waals surface area contributed by atoms with Crippen molar-refractivity contribution in [2.45, 2.75) is 13.0 Å². The summed E-state index contributed by atoms with van der Waals surface area (Å²) in [5.41, 5.74) is 1.10. The second-order valence-corrected chi connectivity index (χ2v) is 4.31. The summed E-state index contributed by atoms with van der Waals surface area (Å²) in [6.45, 7) is 3.73. The summed E-state index contributed by atoms with van der Waals surface area (Å²) in [5, 5.41) is 3.33. The summed E-state index contributed by atoms with van der Waals surface area (Å²) < 4.78 is 20.9. The molecule has 0 radical (unpaired) electrons. The van der Waals surface area contributed by atoms with E-state index in [2.05, 4.69) is 5.32 Å². The monoisotopic (exact) mass is 283 g/mol. The normalized spacial score (nSPS) is 10.6. The van der Waals surface area contributed by atoms with E-state index in [-0.39, 0.29) is 0 Å². The highest BCUT2D eigenvalue weighted by Gasteiger charge is 2.04. The van der Waals surface area contributed by atoms with Gasteiger partial charge in [0, 0.05) is 45.0 Å². The van der Waals surface area contributed by atoms with Crippen LogP contribution >= 0.6 is 0 Å². The average Bonchev–Trinajstić information content (AvgIpc) is 2.50. The van der Waals surface area contributed by atoms with Gasteiger partial charge in [-0.15, -0.1) is 0 Å². The summed E-state index contributed by atoms with van der Waals surface area (Å²) in [6, 6.07) is 5.82. The van der Waals surface area contributed by atoms with Crippen molar-refractivity contribution in [3.8, 4) is 11.5 Å². The standard InChI is InChI=1S/C15H25NO4/c1-17-8-4-9-20-10-7-16-12-13-5-6-14(18-2)11-15(13)19-3/h5-6,11,16H,4,7-10,12H2,1-3H3. The van der Waals surface area contributed by atoms with Crippen molar-refractivity contribution in [2.75, 3.05) is 47.7 Å². The third-order valence-corrected chi connectivity index (χ3v) is 2.87. The zero-order chi connectivity index (χ0) is 14.6. The largest absolute Gasteiger partial charge is 0.497 e. The third kappa shape index (κ3) is 6.23. The van der Waals surface area contributed by atoms with Gasteiger partial charge >= 0.3 is 0 Å². The summed E-state index contributed by atoms with van der Waals surface area (Å²) in [4.78, 5) is 0. The van der Waals surface area contributed by atoms with E-state index in [0.717, 1.165) is 49.8 Å². The number of rotatable bonds is 11. The Labute approximate surface area is 121 Å². The fourth-order valence-electron chi connectivity index (χ4n) is 1.77. The van der Waals surface area contributed by atoms with E-state index < -0.39 is 0 Å². The van der Waals surface area contributed by atoms with Gasteiger partial charge < -0.3 is 24.3 Å². The number of benzene rings is 1. The highest BCUT2D eigenvalue weighted by Crippen LogP contribution is 2.24. The second kappa shape index (κ2) is 10.5. The van der Waals surface area contributed by atoms with Gasteiger partial charge in [0.05, 0.1) is 20.8 Å². The highest BCUT2D eigenvalue weighted by molar-refractivity contribution is 5.40. The fourth-order valence-corrected chi connectivity index (χ4v) is 1.77. The molecule has 0 aliphatic carbocycles. The smallest absolute Gasteiger partial charge is 0.127 e. The van der Waals surface area contributed by atoms with Gasteiger partial charge in [0.25, 0.3) is 0 Å². The third-order valence-electron chi connectivity index (χ3n) is 2.87. The molecule has 1 aromatic rings. The van der Waals surface area contributed by atoms with Gasteiger partial charge in [0.15, 0.2) is 0 Å². The molecule has 0 amide bonds. The molecule has 0 saturated heterocycles. The van der Waals surface area contributed by atoms with E-state index >= 15 is 0 Å². The summed E-state index contributed by atoms with van der Waals surface area (Å²) >= 11 is 0. The first-order valence-corrected chi connectivity index (χ1v) is 6.80. The van der Waals surface area contributed by atoms with Crippen molar-refractivity contribution in [3.63, 3.8) is 0 Å². The van der Waals surface area contributed by atoms with Crippen molar-refractivity contribution < 1.29 is 18.9 Å². The summed E-state index contributed by atoms with van der Waals surface area (Å²) in [5.74, 6) is 1.63. The molecular formula is C15H25NO4. The highest BCUT2D eigenvalue weighted by atomic mass is 16.5. The lowest BCUT2D eigenvalue weighted by molar-refractivity contribution is 0.104. The minimum absolute atomic E-state index is 0.697. The number of ether oxygens (including phenoxy) is 4. The Hall–Kier alpha value is -1.30. The maximum Gasteiger partial charge on any atom is 0.127 e. The quantitative estimate of drug-likeness (QED) is 0.628. The lowest BCUT2D eigenvalue weighted by atomic mass is 10.2. The summed E-state index contributed by atoms with van der Waals surface area (Å²) in [7, 11) is 5.01. The van der Waals surface area contributed by atoms with E-state index in [1.165, 1.54) is 0 Å². The molecule has 0 aliphatic rings. The molecule has 0 spiro atoms. The van der Waals surface area contributed by atoms with Crippen LogP contribution in [0.5, 0.6) is 11.5 Å². The minimum atomic E-state index is 0.697. The molecule has 0 atom stereocenters. The Morgan fingerprint density at radius 3 is 2.55 bits per heavy atom. The van der Waals surface area contributed by atoms with Crippen LogP contribution in [0, 0.1) is 0 Å². The van der Waals surface area contributed by atoms with E-state index in [0.29, 0.717) is 6.61 Å². The van der Waals surface area contributed by atoms with Gasteiger partial charge in [-0.05, 0) is 12.5 Å². The molecule has 1 aromatic carbocycles.